The largest absolute Gasteiger partial charge is 0.369 e. The molecule has 23 heavy (non-hydrogen) atoms. The maximum Gasteiger partial charge on any atom is 0.251 e. The summed E-state index contributed by atoms with van der Waals surface area (Å²) in [5.74, 6) is 0.857. The fourth-order valence-electron chi connectivity index (χ4n) is 2.87. The van der Waals surface area contributed by atoms with Crippen molar-refractivity contribution in [3.63, 3.8) is 0 Å². The van der Waals surface area contributed by atoms with Crippen LogP contribution in [0.2, 0.25) is 0 Å². The Morgan fingerprint density at radius 1 is 1.26 bits per heavy atom. The van der Waals surface area contributed by atoms with E-state index in [1.165, 1.54) is 5.56 Å². The number of hydrogen-bond acceptors (Lipinski definition) is 3. The second-order valence-electron chi connectivity index (χ2n) is 6.62. The van der Waals surface area contributed by atoms with Gasteiger partial charge in [-0.25, -0.2) is 0 Å². The SMILES string of the molecule is CC(C)CCOC(C)C(=O)N1C[C@@H](N)[C@H](c2ccccc2)C1.Cl. The molecule has 0 spiro atoms. The van der Waals surface area contributed by atoms with Crippen molar-refractivity contribution in [3.8, 4) is 0 Å². The van der Waals surface area contributed by atoms with E-state index in [1.54, 1.807) is 0 Å². The van der Waals surface area contributed by atoms with Crippen LogP contribution in [0.4, 0.5) is 0 Å². The van der Waals surface area contributed by atoms with Crippen LogP contribution in [0.25, 0.3) is 0 Å². The zero-order valence-electron chi connectivity index (χ0n) is 14.3. The van der Waals surface area contributed by atoms with Crippen LogP contribution in [0.5, 0.6) is 0 Å². The molecule has 1 fully saturated rings. The summed E-state index contributed by atoms with van der Waals surface area (Å²) in [5.41, 5.74) is 7.45. The highest BCUT2D eigenvalue weighted by molar-refractivity contribution is 5.85. The second kappa shape index (κ2) is 9.26. The Labute approximate surface area is 145 Å². The third-order valence-corrected chi connectivity index (χ3v) is 4.32. The van der Waals surface area contributed by atoms with Crippen molar-refractivity contribution in [3.05, 3.63) is 35.9 Å². The summed E-state index contributed by atoms with van der Waals surface area (Å²) in [6, 6.07) is 10.2. The number of carbonyl (C=O) groups excluding carboxylic acids is 1. The number of nitrogens with zero attached hydrogens (tertiary/aromatic N) is 1. The molecule has 1 heterocycles. The topological polar surface area (TPSA) is 55.6 Å². The maximum atomic E-state index is 12.5. The molecule has 0 radical (unpaired) electrons. The van der Waals surface area contributed by atoms with Gasteiger partial charge in [-0.2, -0.15) is 0 Å². The Morgan fingerprint density at radius 3 is 2.52 bits per heavy atom. The van der Waals surface area contributed by atoms with Gasteiger partial charge >= 0.3 is 0 Å². The summed E-state index contributed by atoms with van der Waals surface area (Å²) in [6.45, 7) is 8.06. The lowest BCUT2D eigenvalue weighted by Gasteiger charge is -2.21. The first kappa shape index (κ1) is 19.9. The summed E-state index contributed by atoms with van der Waals surface area (Å²) in [7, 11) is 0. The smallest absolute Gasteiger partial charge is 0.251 e. The van der Waals surface area contributed by atoms with Gasteiger partial charge in [-0.15, -0.1) is 12.4 Å². The van der Waals surface area contributed by atoms with Crippen LogP contribution in [-0.2, 0) is 9.53 Å². The summed E-state index contributed by atoms with van der Waals surface area (Å²) in [4.78, 5) is 14.3. The van der Waals surface area contributed by atoms with E-state index in [9.17, 15) is 4.79 Å². The quantitative estimate of drug-likeness (QED) is 0.866. The molecule has 1 aliphatic heterocycles. The molecule has 1 unspecified atom stereocenters. The highest BCUT2D eigenvalue weighted by atomic mass is 35.5. The molecule has 1 aromatic rings. The molecule has 5 heteroatoms. The van der Waals surface area contributed by atoms with Crippen LogP contribution in [-0.4, -0.2) is 42.6 Å². The third kappa shape index (κ3) is 5.48. The molecule has 0 aliphatic carbocycles. The van der Waals surface area contributed by atoms with Crippen molar-refractivity contribution >= 4 is 18.3 Å². The Kier molecular flexibility index (Phi) is 8.03. The summed E-state index contributed by atoms with van der Waals surface area (Å²) in [6.07, 6.45) is 0.588. The van der Waals surface area contributed by atoms with Crippen LogP contribution >= 0.6 is 12.4 Å². The lowest BCUT2D eigenvalue weighted by Crippen LogP contribution is -2.39. The van der Waals surface area contributed by atoms with Crippen LogP contribution in [0.15, 0.2) is 30.3 Å². The fraction of sp³-hybridized carbons (Fsp3) is 0.611. The van der Waals surface area contributed by atoms with E-state index in [0.29, 0.717) is 25.6 Å². The summed E-state index contributed by atoms with van der Waals surface area (Å²) in [5, 5.41) is 0. The first-order chi connectivity index (χ1) is 10.5. The van der Waals surface area contributed by atoms with Gasteiger partial charge < -0.3 is 15.4 Å². The first-order valence-electron chi connectivity index (χ1n) is 8.20. The van der Waals surface area contributed by atoms with Crippen molar-refractivity contribution in [2.45, 2.75) is 45.3 Å². The minimum atomic E-state index is -0.388. The van der Waals surface area contributed by atoms with E-state index in [1.807, 2.05) is 30.0 Å². The monoisotopic (exact) mass is 340 g/mol. The van der Waals surface area contributed by atoms with Gasteiger partial charge in [-0.1, -0.05) is 44.2 Å². The molecule has 130 valence electrons. The number of hydrogen-bond donors (Lipinski definition) is 1. The van der Waals surface area contributed by atoms with E-state index in [0.717, 1.165) is 6.42 Å². The Balaban J connectivity index is 0.00000264. The second-order valence-corrected chi connectivity index (χ2v) is 6.62. The summed E-state index contributed by atoms with van der Waals surface area (Å²) < 4.78 is 5.67. The molecule has 0 saturated carbocycles. The number of benzene rings is 1. The standard InChI is InChI=1S/C18H28N2O2.ClH/c1-13(2)9-10-22-14(3)18(21)20-11-16(17(19)12-20)15-7-5-4-6-8-15;/h4-8,13-14,16-17H,9-12,19H2,1-3H3;1H/t14?,16-,17+;/m0./s1. The Bertz CT molecular complexity index is 481. The lowest BCUT2D eigenvalue weighted by molar-refractivity contribution is -0.141. The molecule has 1 amide bonds. The molecule has 1 aliphatic rings. The highest BCUT2D eigenvalue weighted by Crippen LogP contribution is 2.26. The van der Waals surface area contributed by atoms with Crippen LogP contribution in [0.1, 0.15) is 38.7 Å². The maximum absolute atomic E-state index is 12.5. The Hall–Kier alpha value is -1.10. The van der Waals surface area contributed by atoms with E-state index in [-0.39, 0.29) is 36.4 Å². The fourth-order valence-corrected chi connectivity index (χ4v) is 2.87. The average Bonchev–Trinajstić information content (AvgIpc) is 2.88. The van der Waals surface area contributed by atoms with E-state index in [4.69, 9.17) is 10.5 Å². The molecule has 1 saturated heterocycles. The minimum Gasteiger partial charge on any atom is -0.369 e. The normalized spacial score (nSPS) is 22.0. The minimum absolute atomic E-state index is 0. The van der Waals surface area contributed by atoms with Gasteiger partial charge in [-0.05, 0) is 24.8 Å². The van der Waals surface area contributed by atoms with Gasteiger partial charge in [0.2, 0.25) is 0 Å². The number of halogens is 1. The van der Waals surface area contributed by atoms with Crippen LogP contribution in [0.3, 0.4) is 0 Å². The van der Waals surface area contributed by atoms with Gasteiger partial charge in [0.25, 0.3) is 5.91 Å². The third-order valence-electron chi connectivity index (χ3n) is 4.32. The predicted octanol–water partition coefficient (Wildman–Crippen LogP) is 2.81. The van der Waals surface area contributed by atoms with Crippen molar-refractivity contribution < 1.29 is 9.53 Å². The van der Waals surface area contributed by atoms with Crippen molar-refractivity contribution in [1.82, 2.24) is 4.90 Å². The molecule has 1 aromatic carbocycles. The molecule has 4 nitrogen and oxygen atoms in total. The van der Waals surface area contributed by atoms with Gasteiger partial charge in [0, 0.05) is 31.7 Å². The predicted molar refractivity (Wildman–Crippen MR) is 95.9 cm³/mol. The molecule has 3 atom stereocenters. The number of amides is 1. The van der Waals surface area contributed by atoms with E-state index >= 15 is 0 Å². The van der Waals surface area contributed by atoms with Gasteiger partial charge in [0.15, 0.2) is 0 Å². The van der Waals surface area contributed by atoms with Crippen LogP contribution < -0.4 is 5.73 Å². The zero-order chi connectivity index (χ0) is 16.1. The first-order valence-corrected chi connectivity index (χ1v) is 8.20. The average molecular weight is 341 g/mol. The molecule has 0 aromatic heterocycles. The van der Waals surface area contributed by atoms with Gasteiger partial charge in [-0.3, -0.25) is 4.79 Å². The number of nitrogens with two attached hydrogens (primary N) is 1. The number of ether oxygens (including phenoxy) is 1. The Morgan fingerprint density at radius 2 is 1.91 bits per heavy atom. The lowest BCUT2D eigenvalue weighted by atomic mass is 9.95. The van der Waals surface area contributed by atoms with Gasteiger partial charge in [0.05, 0.1) is 0 Å². The molecule has 0 bridgehead atoms. The van der Waals surface area contributed by atoms with Crippen molar-refractivity contribution in [1.29, 1.82) is 0 Å². The van der Waals surface area contributed by atoms with Crippen LogP contribution in [0, 0.1) is 5.92 Å². The zero-order valence-corrected chi connectivity index (χ0v) is 15.1. The summed E-state index contributed by atoms with van der Waals surface area (Å²) >= 11 is 0. The molecular weight excluding hydrogens is 312 g/mol. The number of likely N-dealkylation sites (tertiary alicyclic amines) is 1. The molecule has 2 rings (SSSR count). The van der Waals surface area contributed by atoms with Gasteiger partial charge in [0.1, 0.15) is 6.10 Å². The van der Waals surface area contributed by atoms with E-state index < -0.39 is 0 Å². The highest BCUT2D eigenvalue weighted by Gasteiger charge is 2.35. The number of carbonyl (C=O) groups is 1. The molecular formula is C18H29ClN2O2. The van der Waals surface area contributed by atoms with Crippen molar-refractivity contribution in [2.24, 2.45) is 11.7 Å². The molecule has 2 N–H and O–H groups in total. The van der Waals surface area contributed by atoms with Crippen molar-refractivity contribution in [2.75, 3.05) is 19.7 Å². The van der Waals surface area contributed by atoms with E-state index in [2.05, 4.69) is 26.0 Å². The number of rotatable bonds is 6.